The topological polar surface area (TPSA) is 74.4 Å². The number of alkyl halides is 1. The van der Waals surface area contributed by atoms with E-state index in [1.165, 1.54) is 12.1 Å². The lowest BCUT2D eigenvalue weighted by molar-refractivity contribution is -0.148. The number of hydrogen-bond acceptors (Lipinski definition) is 5. The first-order valence-electron chi connectivity index (χ1n) is 5.41. The van der Waals surface area contributed by atoms with E-state index in [0.717, 1.165) is 0 Å². The van der Waals surface area contributed by atoms with Crippen LogP contribution in [-0.2, 0) is 20.9 Å². The average Bonchev–Trinajstić information content (AvgIpc) is 2.35. The van der Waals surface area contributed by atoms with Crippen LogP contribution < -0.4 is 5.73 Å². The van der Waals surface area contributed by atoms with Crippen molar-refractivity contribution in [1.29, 1.82) is 0 Å². The van der Waals surface area contributed by atoms with Crippen molar-refractivity contribution in [2.24, 2.45) is 5.73 Å². The molecule has 0 aliphatic rings. The van der Waals surface area contributed by atoms with E-state index < -0.39 is 18.7 Å². The van der Waals surface area contributed by atoms with Crippen LogP contribution in [0.4, 0.5) is 4.39 Å². The molecule has 1 rings (SSSR count). The van der Waals surface area contributed by atoms with Crippen molar-refractivity contribution in [3.63, 3.8) is 0 Å². The van der Waals surface area contributed by atoms with Gasteiger partial charge in [0.05, 0.1) is 13.2 Å². The fourth-order valence-electron chi connectivity index (χ4n) is 1.19. The Labute approximate surface area is 131 Å². The number of pyridine rings is 1. The molecule has 0 saturated carbocycles. The van der Waals surface area contributed by atoms with Crippen LogP contribution in [0.2, 0.25) is 10.3 Å². The van der Waals surface area contributed by atoms with E-state index in [2.05, 4.69) is 4.98 Å². The summed E-state index contributed by atoms with van der Waals surface area (Å²) < 4.78 is 21.5. The lowest BCUT2D eigenvalue weighted by Crippen LogP contribution is -2.36. The summed E-state index contributed by atoms with van der Waals surface area (Å²) in [6.07, 6.45) is 0. The summed E-state index contributed by atoms with van der Waals surface area (Å²) in [5.41, 5.74) is 6.09. The van der Waals surface area contributed by atoms with Gasteiger partial charge in [-0.05, 0) is 17.7 Å². The minimum atomic E-state index is -0.959. The maximum atomic E-state index is 11.8. The molecule has 114 valence electrons. The molecule has 0 aliphatic heterocycles. The molecule has 0 amide bonds. The summed E-state index contributed by atoms with van der Waals surface area (Å²) in [5.74, 6) is -0.650. The minimum Gasteiger partial charge on any atom is -0.460 e. The van der Waals surface area contributed by atoms with Gasteiger partial charge in [0.1, 0.15) is 29.6 Å². The molecule has 0 radical (unpaired) electrons. The summed E-state index contributed by atoms with van der Waals surface area (Å²) in [7, 11) is 0. The molecule has 9 heteroatoms. The van der Waals surface area contributed by atoms with Gasteiger partial charge >= 0.3 is 5.97 Å². The van der Waals surface area contributed by atoms with Gasteiger partial charge < -0.3 is 15.2 Å². The molecule has 0 bridgehead atoms. The van der Waals surface area contributed by atoms with E-state index in [0.29, 0.717) is 5.56 Å². The number of nitrogens with zero attached hydrogens (tertiary/aromatic N) is 1. The Morgan fingerprint density at radius 1 is 1.40 bits per heavy atom. The molecule has 1 aromatic heterocycles. The van der Waals surface area contributed by atoms with Gasteiger partial charge in [-0.15, -0.1) is 12.4 Å². The average molecular weight is 348 g/mol. The SMILES string of the molecule is Cl.N[C@@H](COCCF)C(=O)OCc1cc(Cl)nc(Cl)c1. The van der Waals surface area contributed by atoms with Gasteiger partial charge in [0.25, 0.3) is 0 Å². The summed E-state index contributed by atoms with van der Waals surface area (Å²) in [4.78, 5) is 15.2. The third kappa shape index (κ3) is 7.21. The number of hydrogen-bond donors (Lipinski definition) is 1. The number of ether oxygens (including phenoxy) is 2. The lowest BCUT2D eigenvalue weighted by atomic mass is 10.3. The third-order valence-corrected chi connectivity index (χ3v) is 2.41. The monoisotopic (exact) mass is 346 g/mol. The number of nitrogens with two attached hydrogens (primary N) is 1. The zero-order chi connectivity index (χ0) is 14.3. The Morgan fingerprint density at radius 2 is 2.00 bits per heavy atom. The second kappa shape index (κ2) is 10.1. The predicted octanol–water partition coefficient (Wildman–Crippen LogP) is 2.17. The van der Waals surface area contributed by atoms with Gasteiger partial charge in [-0.25, -0.2) is 9.37 Å². The zero-order valence-electron chi connectivity index (χ0n) is 10.4. The molecular formula is C11H14Cl3FN2O3. The molecule has 5 nitrogen and oxygen atoms in total. The Kier molecular flexibility index (Phi) is 9.79. The Balaban J connectivity index is 0.00000361. The van der Waals surface area contributed by atoms with Crippen LogP contribution in [0, 0.1) is 0 Å². The molecule has 0 saturated heterocycles. The van der Waals surface area contributed by atoms with Crippen molar-refractivity contribution in [1.82, 2.24) is 4.98 Å². The lowest BCUT2D eigenvalue weighted by Gasteiger charge is -2.11. The minimum absolute atomic E-state index is 0. The smallest absolute Gasteiger partial charge is 0.325 e. The predicted molar refractivity (Wildman–Crippen MR) is 76.1 cm³/mol. The fraction of sp³-hybridized carbons (Fsp3) is 0.455. The Hall–Kier alpha value is -0.660. The van der Waals surface area contributed by atoms with Crippen LogP contribution in [0.15, 0.2) is 12.1 Å². The van der Waals surface area contributed by atoms with Gasteiger partial charge in [-0.2, -0.15) is 0 Å². The maximum absolute atomic E-state index is 11.8. The first-order chi connectivity index (χ1) is 9.02. The highest BCUT2D eigenvalue weighted by Crippen LogP contribution is 2.15. The number of halogens is 4. The van der Waals surface area contributed by atoms with Crippen LogP contribution >= 0.6 is 35.6 Å². The van der Waals surface area contributed by atoms with Gasteiger partial charge in [-0.1, -0.05) is 23.2 Å². The van der Waals surface area contributed by atoms with Gasteiger partial charge in [0.15, 0.2) is 0 Å². The highest BCUT2D eigenvalue weighted by atomic mass is 35.5. The largest absolute Gasteiger partial charge is 0.460 e. The van der Waals surface area contributed by atoms with E-state index >= 15 is 0 Å². The summed E-state index contributed by atoms with van der Waals surface area (Å²) in [6, 6.07) is 2.08. The summed E-state index contributed by atoms with van der Waals surface area (Å²) in [6.45, 7) is -0.857. The zero-order valence-corrected chi connectivity index (χ0v) is 12.7. The molecule has 2 N–H and O–H groups in total. The van der Waals surface area contributed by atoms with E-state index in [1.54, 1.807) is 0 Å². The standard InChI is InChI=1S/C11H13Cl2FN2O3.ClH/c12-9-3-7(4-10(13)16-9)5-19-11(17)8(15)6-18-2-1-14;/h3-4,8H,1-2,5-6,15H2;1H/t8-;/m0./s1. The van der Waals surface area contributed by atoms with E-state index in [4.69, 9.17) is 38.4 Å². The molecule has 1 aromatic rings. The molecule has 20 heavy (non-hydrogen) atoms. The second-order valence-electron chi connectivity index (χ2n) is 3.60. The first kappa shape index (κ1) is 19.3. The molecule has 1 atom stereocenters. The van der Waals surface area contributed by atoms with Gasteiger partial charge in [0, 0.05) is 0 Å². The Bertz CT molecular complexity index is 417. The molecule has 0 unspecified atom stereocenters. The van der Waals surface area contributed by atoms with Crippen LogP contribution in [0.3, 0.4) is 0 Å². The number of esters is 1. The molecule has 0 spiro atoms. The second-order valence-corrected chi connectivity index (χ2v) is 4.37. The molecule has 1 heterocycles. The van der Waals surface area contributed by atoms with Crippen LogP contribution in [-0.4, -0.2) is 36.9 Å². The quantitative estimate of drug-likeness (QED) is 0.465. The number of carbonyl (C=O) groups is 1. The van der Waals surface area contributed by atoms with E-state index in [-0.39, 0.29) is 42.5 Å². The number of rotatable bonds is 7. The first-order valence-corrected chi connectivity index (χ1v) is 6.16. The Morgan fingerprint density at radius 3 is 2.55 bits per heavy atom. The van der Waals surface area contributed by atoms with Crippen molar-refractivity contribution in [2.45, 2.75) is 12.6 Å². The fourth-order valence-corrected chi connectivity index (χ4v) is 1.70. The highest BCUT2D eigenvalue weighted by molar-refractivity contribution is 6.32. The highest BCUT2D eigenvalue weighted by Gasteiger charge is 2.15. The summed E-state index contributed by atoms with van der Waals surface area (Å²) in [5, 5.41) is 0.406. The number of carbonyl (C=O) groups excluding carboxylic acids is 1. The van der Waals surface area contributed by atoms with Crippen molar-refractivity contribution in [3.05, 3.63) is 28.0 Å². The molecule has 0 aliphatic carbocycles. The number of aromatic nitrogens is 1. The van der Waals surface area contributed by atoms with Crippen LogP contribution in [0.5, 0.6) is 0 Å². The normalized spacial score (nSPS) is 11.6. The van der Waals surface area contributed by atoms with Crippen molar-refractivity contribution >= 4 is 41.6 Å². The molecule has 0 aromatic carbocycles. The van der Waals surface area contributed by atoms with Gasteiger partial charge in [0.2, 0.25) is 0 Å². The van der Waals surface area contributed by atoms with E-state index in [9.17, 15) is 9.18 Å². The maximum Gasteiger partial charge on any atom is 0.325 e. The molecule has 0 fully saturated rings. The van der Waals surface area contributed by atoms with Crippen molar-refractivity contribution in [3.8, 4) is 0 Å². The van der Waals surface area contributed by atoms with Gasteiger partial charge in [-0.3, -0.25) is 4.79 Å². The van der Waals surface area contributed by atoms with Crippen molar-refractivity contribution in [2.75, 3.05) is 19.9 Å². The van der Waals surface area contributed by atoms with E-state index in [1.807, 2.05) is 0 Å². The van der Waals surface area contributed by atoms with Crippen LogP contribution in [0.1, 0.15) is 5.56 Å². The third-order valence-electron chi connectivity index (χ3n) is 2.03. The summed E-state index contributed by atoms with van der Waals surface area (Å²) >= 11 is 11.4. The van der Waals surface area contributed by atoms with Crippen LogP contribution in [0.25, 0.3) is 0 Å². The van der Waals surface area contributed by atoms with Crippen molar-refractivity contribution < 1.29 is 18.7 Å². The molecular weight excluding hydrogens is 333 g/mol.